The van der Waals surface area contributed by atoms with E-state index in [1.54, 1.807) is 13.8 Å². The van der Waals surface area contributed by atoms with Crippen molar-refractivity contribution in [3.05, 3.63) is 53.3 Å². The van der Waals surface area contributed by atoms with E-state index in [2.05, 4.69) is 4.98 Å². The molecule has 0 unspecified atom stereocenters. The zero-order valence-corrected chi connectivity index (χ0v) is 19.7. The van der Waals surface area contributed by atoms with Crippen molar-refractivity contribution >= 4 is 29.3 Å². The molecule has 0 aliphatic carbocycles. The number of anilines is 2. The molecule has 1 aliphatic rings. The first-order valence-corrected chi connectivity index (χ1v) is 10.6. The van der Waals surface area contributed by atoms with Crippen LogP contribution in [0.1, 0.15) is 62.7 Å². The standard InChI is InChI=1S/C24H23F3N4O4/c1-6-22(2,3)35-19(32)18-10-9-16(13-29-18)31-21(34)30(20(33)23(31,4)5)15-8-7-14(12-28)17(11-15)24(25,26)27/h7-11,13H,6H2,1-5H3. The van der Waals surface area contributed by atoms with E-state index >= 15 is 0 Å². The van der Waals surface area contributed by atoms with E-state index in [0.717, 1.165) is 17.0 Å². The van der Waals surface area contributed by atoms with Gasteiger partial charge in [-0.1, -0.05) is 6.92 Å². The molecule has 3 rings (SSSR count). The molecule has 0 spiro atoms. The van der Waals surface area contributed by atoms with Gasteiger partial charge in [0.2, 0.25) is 0 Å². The number of imide groups is 1. The summed E-state index contributed by atoms with van der Waals surface area (Å²) in [5, 5.41) is 9.01. The first-order chi connectivity index (χ1) is 16.1. The first kappa shape index (κ1) is 25.7. The fourth-order valence-electron chi connectivity index (χ4n) is 3.47. The second kappa shape index (κ2) is 8.69. The van der Waals surface area contributed by atoms with Crippen molar-refractivity contribution in [3.8, 4) is 6.07 Å². The zero-order chi connectivity index (χ0) is 26.3. The molecule has 1 aromatic heterocycles. The maximum absolute atomic E-state index is 13.4. The van der Waals surface area contributed by atoms with Crippen LogP contribution in [0.4, 0.5) is 29.3 Å². The summed E-state index contributed by atoms with van der Waals surface area (Å²) >= 11 is 0. The van der Waals surface area contributed by atoms with Crippen LogP contribution in [0.15, 0.2) is 36.5 Å². The average molecular weight is 488 g/mol. The van der Waals surface area contributed by atoms with Crippen molar-refractivity contribution in [2.24, 2.45) is 0 Å². The second-order valence-corrected chi connectivity index (χ2v) is 9.06. The molecule has 1 aromatic carbocycles. The Balaban J connectivity index is 1.97. The Bertz CT molecular complexity index is 1230. The zero-order valence-electron chi connectivity index (χ0n) is 19.7. The number of benzene rings is 1. The number of carbonyl (C=O) groups excluding carboxylic acids is 3. The molecule has 11 heteroatoms. The predicted molar refractivity (Wildman–Crippen MR) is 120 cm³/mol. The van der Waals surface area contributed by atoms with Gasteiger partial charge in [-0.3, -0.25) is 9.69 Å². The number of alkyl halides is 3. The number of nitrogens with zero attached hydrogens (tertiary/aromatic N) is 4. The van der Waals surface area contributed by atoms with Crippen molar-refractivity contribution in [3.63, 3.8) is 0 Å². The molecule has 2 aromatic rings. The number of aromatic nitrogens is 1. The maximum atomic E-state index is 13.4. The van der Waals surface area contributed by atoms with E-state index in [9.17, 15) is 27.6 Å². The van der Waals surface area contributed by atoms with E-state index < -0.39 is 46.4 Å². The molecule has 1 aliphatic heterocycles. The molecule has 1 fully saturated rings. The van der Waals surface area contributed by atoms with Crippen LogP contribution in [0.25, 0.3) is 0 Å². The lowest BCUT2D eigenvalue weighted by Gasteiger charge is -2.27. The largest absolute Gasteiger partial charge is 0.455 e. The molecule has 8 nitrogen and oxygen atoms in total. The SMILES string of the molecule is CCC(C)(C)OC(=O)c1ccc(N2C(=O)N(c3ccc(C#N)c(C(F)(F)F)c3)C(=O)C2(C)C)cn1. The lowest BCUT2D eigenvalue weighted by Crippen LogP contribution is -2.44. The van der Waals surface area contributed by atoms with Crippen molar-refractivity contribution < 1.29 is 32.3 Å². The Morgan fingerprint density at radius 3 is 2.29 bits per heavy atom. The number of halogens is 3. The van der Waals surface area contributed by atoms with Gasteiger partial charge in [-0.05, 0) is 64.4 Å². The van der Waals surface area contributed by atoms with Crippen molar-refractivity contribution in [1.82, 2.24) is 4.98 Å². The topological polar surface area (TPSA) is 104 Å². The highest BCUT2D eigenvalue weighted by molar-refractivity contribution is 6.30. The highest BCUT2D eigenvalue weighted by Gasteiger charge is 2.53. The lowest BCUT2D eigenvalue weighted by molar-refractivity contribution is -0.137. The van der Waals surface area contributed by atoms with Gasteiger partial charge in [-0.15, -0.1) is 0 Å². The number of amides is 3. The van der Waals surface area contributed by atoms with Crippen LogP contribution in [0.2, 0.25) is 0 Å². The molecule has 0 saturated carbocycles. The minimum absolute atomic E-state index is 0.00943. The third-order valence-electron chi connectivity index (χ3n) is 5.79. The summed E-state index contributed by atoms with van der Waals surface area (Å²) in [5.74, 6) is -1.43. The van der Waals surface area contributed by atoms with Gasteiger partial charge in [0.1, 0.15) is 16.8 Å². The number of carbonyl (C=O) groups is 3. The maximum Gasteiger partial charge on any atom is 0.417 e. The van der Waals surface area contributed by atoms with Gasteiger partial charge < -0.3 is 4.74 Å². The van der Waals surface area contributed by atoms with Crippen molar-refractivity contribution in [2.75, 3.05) is 9.80 Å². The highest BCUT2D eigenvalue weighted by atomic mass is 19.4. The smallest absolute Gasteiger partial charge is 0.417 e. The van der Waals surface area contributed by atoms with Gasteiger partial charge in [0.15, 0.2) is 0 Å². The number of pyridine rings is 1. The third kappa shape index (κ3) is 4.69. The minimum Gasteiger partial charge on any atom is -0.455 e. The number of hydrogen-bond acceptors (Lipinski definition) is 6. The second-order valence-electron chi connectivity index (χ2n) is 9.06. The molecule has 2 heterocycles. The van der Waals surface area contributed by atoms with E-state index in [4.69, 9.17) is 10.00 Å². The van der Waals surface area contributed by atoms with Gasteiger partial charge in [-0.25, -0.2) is 19.5 Å². The Labute approximate surface area is 199 Å². The average Bonchev–Trinajstić information content (AvgIpc) is 2.96. The predicted octanol–water partition coefficient (Wildman–Crippen LogP) is 5.07. The molecular weight excluding hydrogens is 465 g/mol. The number of hydrogen-bond donors (Lipinski definition) is 0. The first-order valence-electron chi connectivity index (χ1n) is 10.6. The molecule has 0 radical (unpaired) electrons. The molecule has 1 saturated heterocycles. The summed E-state index contributed by atoms with van der Waals surface area (Å²) in [6.07, 6.45) is -3.06. The van der Waals surface area contributed by atoms with Gasteiger partial charge in [0.05, 0.1) is 34.8 Å². The van der Waals surface area contributed by atoms with Crippen LogP contribution in [-0.4, -0.2) is 34.0 Å². The fourth-order valence-corrected chi connectivity index (χ4v) is 3.47. The number of rotatable bonds is 5. The van der Waals surface area contributed by atoms with E-state index in [-0.39, 0.29) is 17.1 Å². The summed E-state index contributed by atoms with van der Waals surface area (Å²) in [5.41, 5.74) is -4.23. The number of esters is 1. The Morgan fingerprint density at radius 2 is 1.77 bits per heavy atom. The van der Waals surface area contributed by atoms with Crippen LogP contribution in [0, 0.1) is 11.3 Å². The molecular formula is C24H23F3N4O4. The monoisotopic (exact) mass is 488 g/mol. The summed E-state index contributed by atoms with van der Waals surface area (Å²) in [7, 11) is 0. The van der Waals surface area contributed by atoms with Crippen molar-refractivity contribution in [2.45, 2.75) is 58.4 Å². The van der Waals surface area contributed by atoms with Gasteiger partial charge >= 0.3 is 18.2 Å². The Kier molecular flexibility index (Phi) is 6.37. The molecule has 35 heavy (non-hydrogen) atoms. The Hall–Kier alpha value is -3.94. The quantitative estimate of drug-likeness (QED) is 0.430. The normalized spacial score (nSPS) is 15.9. The molecule has 0 bridgehead atoms. The number of nitriles is 1. The summed E-state index contributed by atoms with van der Waals surface area (Å²) in [4.78, 5) is 44.5. The van der Waals surface area contributed by atoms with Crippen LogP contribution >= 0.6 is 0 Å². The van der Waals surface area contributed by atoms with E-state index in [1.165, 1.54) is 38.2 Å². The third-order valence-corrected chi connectivity index (χ3v) is 5.79. The Morgan fingerprint density at radius 1 is 1.14 bits per heavy atom. The lowest BCUT2D eigenvalue weighted by atomic mass is 10.0. The fraction of sp³-hybridized carbons (Fsp3) is 0.375. The summed E-state index contributed by atoms with van der Waals surface area (Å²) in [6.45, 7) is 8.23. The molecule has 3 amide bonds. The van der Waals surface area contributed by atoms with Crippen molar-refractivity contribution in [1.29, 1.82) is 5.26 Å². The number of urea groups is 1. The van der Waals surface area contributed by atoms with Gasteiger partial charge in [0, 0.05) is 0 Å². The highest BCUT2D eigenvalue weighted by Crippen LogP contribution is 2.39. The van der Waals surface area contributed by atoms with Crippen LogP contribution in [0.5, 0.6) is 0 Å². The summed E-state index contributed by atoms with van der Waals surface area (Å²) < 4.78 is 45.7. The van der Waals surface area contributed by atoms with Crippen LogP contribution in [-0.2, 0) is 15.7 Å². The van der Waals surface area contributed by atoms with Gasteiger partial charge in [-0.2, -0.15) is 18.4 Å². The van der Waals surface area contributed by atoms with E-state index in [1.807, 2.05) is 6.92 Å². The molecule has 184 valence electrons. The number of ether oxygens (including phenoxy) is 1. The van der Waals surface area contributed by atoms with E-state index in [0.29, 0.717) is 17.4 Å². The van der Waals surface area contributed by atoms with Crippen LogP contribution < -0.4 is 9.80 Å². The minimum atomic E-state index is -4.86. The van der Waals surface area contributed by atoms with Gasteiger partial charge in [0.25, 0.3) is 5.91 Å². The summed E-state index contributed by atoms with van der Waals surface area (Å²) in [6, 6.07) is 5.91. The molecule has 0 N–H and O–H groups in total. The van der Waals surface area contributed by atoms with Crippen LogP contribution in [0.3, 0.4) is 0 Å². The molecule has 0 atom stereocenters.